The number of aromatic nitrogens is 2. The van der Waals surface area contributed by atoms with Gasteiger partial charge in [-0.2, -0.15) is 0 Å². The Labute approximate surface area is 162 Å². The van der Waals surface area contributed by atoms with Gasteiger partial charge in [-0.05, 0) is 55.8 Å². The minimum absolute atomic E-state index is 0.184. The van der Waals surface area contributed by atoms with Crippen molar-refractivity contribution in [2.24, 2.45) is 5.92 Å². The van der Waals surface area contributed by atoms with Gasteiger partial charge in [0, 0.05) is 24.6 Å². The molecule has 27 heavy (non-hydrogen) atoms. The number of nitrogens with zero attached hydrogens (tertiary/aromatic N) is 3. The van der Waals surface area contributed by atoms with Crippen LogP contribution in [0.15, 0.2) is 35.9 Å². The van der Waals surface area contributed by atoms with E-state index in [2.05, 4.69) is 25.5 Å². The number of benzene rings is 1. The molecule has 1 aromatic carbocycles. The summed E-state index contributed by atoms with van der Waals surface area (Å²) >= 11 is 1.09. The second-order valence-corrected chi connectivity index (χ2v) is 7.32. The zero-order chi connectivity index (χ0) is 18.6. The molecule has 5 nitrogen and oxygen atoms in total. The predicted molar refractivity (Wildman–Crippen MR) is 101 cm³/mol. The molecular weight excluding hydrogens is 365 g/mol. The van der Waals surface area contributed by atoms with Gasteiger partial charge in [-0.15, -0.1) is 8.75 Å². The summed E-state index contributed by atoms with van der Waals surface area (Å²) in [5.41, 5.74) is 1.64. The van der Waals surface area contributed by atoms with Crippen molar-refractivity contribution < 1.29 is 13.9 Å². The van der Waals surface area contributed by atoms with Crippen LogP contribution in [0, 0.1) is 23.6 Å². The molecule has 4 rings (SSSR count). The quantitative estimate of drug-likeness (QED) is 0.740. The molecular formula is C20H20FN3O2S. The highest BCUT2D eigenvalue weighted by molar-refractivity contribution is 6.99. The van der Waals surface area contributed by atoms with Crippen LogP contribution in [0.5, 0.6) is 11.8 Å². The van der Waals surface area contributed by atoms with Gasteiger partial charge in [0.15, 0.2) is 0 Å². The summed E-state index contributed by atoms with van der Waals surface area (Å²) < 4.78 is 33.1. The van der Waals surface area contributed by atoms with E-state index >= 15 is 0 Å². The lowest BCUT2D eigenvalue weighted by Crippen LogP contribution is -2.32. The molecule has 0 aliphatic carbocycles. The first-order valence-corrected chi connectivity index (χ1v) is 9.69. The fourth-order valence-corrected chi connectivity index (χ4v) is 3.79. The van der Waals surface area contributed by atoms with Crippen molar-refractivity contribution in [2.45, 2.75) is 19.4 Å². The highest BCUT2D eigenvalue weighted by atomic mass is 32.1. The number of fused-ring (bicyclic) bond motifs is 2. The Hall–Kier alpha value is -2.43. The standard InChI is InChI=1S/C20H20FN3O2S/c1-14(2-3-15-4-6-17(21)7-5-15)9-11-25-19-20(23-27-22-19)26-18-13-24-10-8-16(18)12-24/h4-7,9,16,18H,8,10-13H2,1H3/b14-9+. The van der Waals surface area contributed by atoms with E-state index in [1.165, 1.54) is 25.1 Å². The van der Waals surface area contributed by atoms with Crippen LogP contribution in [0.2, 0.25) is 0 Å². The minimum atomic E-state index is -0.265. The van der Waals surface area contributed by atoms with Gasteiger partial charge in [0.05, 0.1) is 11.7 Å². The fraction of sp³-hybridized carbons (Fsp3) is 0.400. The van der Waals surface area contributed by atoms with Crippen LogP contribution in [0.4, 0.5) is 4.39 Å². The largest absolute Gasteiger partial charge is 0.469 e. The molecule has 2 bridgehead atoms. The van der Waals surface area contributed by atoms with E-state index in [0.29, 0.717) is 24.3 Å². The van der Waals surface area contributed by atoms with Crippen LogP contribution in [0.3, 0.4) is 0 Å². The monoisotopic (exact) mass is 385 g/mol. The number of allylic oxidation sites excluding steroid dienone is 1. The molecule has 7 heteroatoms. The van der Waals surface area contributed by atoms with E-state index < -0.39 is 0 Å². The third-order valence-corrected chi connectivity index (χ3v) is 5.32. The Morgan fingerprint density at radius 1 is 1.30 bits per heavy atom. The summed E-state index contributed by atoms with van der Waals surface area (Å²) in [6.45, 7) is 5.49. The van der Waals surface area contributed by atoms with Crippen molar-refractivity contribution in [1.82, 2.24) is 13.6 Å². The van der Waals surface area contributed by atoms with Crippen molar-refractivity contribution in [3.05, 3.63) is 47.3 Å². The number of piperidine rings is 1. The summed E-state index contributed by atoms with van der Waals surface area (Å²) in [5.74, 6) is 7.27. The molecule has 2 fully saturated rings. The van der Waals surface area contributed by atoms with Gasteiger partial charge in [-0.3, -0.25) is 4.90 Å². The summed E-state index contributed by atoms with van der Waals surface area (Å²) in [7, 11) is 0. The molecule has 2 aliphatic rings. The van der Waals surface area contributed by atoms with Gasteiger partial charge in [0.1, 0.15) is 18.5 Å². The molecule has 0 amide bonds. The first-order valence-electron chi connectivity index (χ1n) is 8.96. The molecule has 3 atom stereocenters. The van der Waals surface area contributed by atoms with Gasteiger partial charge < -0.3 is 9.47 Å². The van der Waals surface area contributed by atoms with E-state index in [9.17, 15) is 4.39 Å². The number of hydrogen-bond donors (Lipinski definition) is 0. The van der Waals surface area contributed by atoms with Crippen molar-refractivity contribution >= 4 is 11.7 Å². The molecule has 0 N–H and O–H groups in total. The fourth-order valence-electron chi connectivity index (χ4n) is 3.35. The number of rotatable bonds is 5. The topological polar surface area (TPSA) is 47.5 Å². The maximum atomic E-state index is 12.9. The SMILES string of the molecule is C/C(C#Cc1ccc(F)cc1)=C\COc1nsnc1OC1CN2CCC1C2. The highest BCUT2D eigenvalue weighted by Gasteiger charge is 2.40. The second kappa shape index (κ2) is 8.07. The predicted octanol–water partition coefficient (Wildman–Crippen LogP) is 3.14. The summed E-state index contributed by atoms with van der Waals surface area (Å²) in [6, 6.07) is 6.11. The molecule has 2 aromatic rings. The third kappa shape index (κ3) is 4.46. The van der Waals surface area contributed by atoms with Crippen molar-refractivity contribution in [2.75, 3.05) is 26.2 Å². The normalized spacial score (nSPS) is 23.8. The van der Waals surface area contributed by atoms with Crippen LogP contribution in [0.1, 0.15) is 18.9 Å². The first-order chi connectivity index (χ1) is 13.2. The molecule has 140 valence electrons. The Morgan fingerprint density at radius 2 is 2.11 bits per heavy atom. The molecule has 0 radical (unpaired) electrons. The molecule has 0 saturated carbocycles. The van der Waals surface area contributed by atoms with Crippen molar-refractivity contribution in [1.29, 1.82) is 0 Å². The third-order valence-electron chi connectivity index (χ3n) is 4.82. The van der Waals surface area contributed by atoms with Crippen LogP contribution in [0.25, 0.3) is 0 Å². The van der Waals surface area contributed by atoms with Crippen LogP contribution in [-0.4, -0.2) is 46.0 Å². The summed E-state index contributed by atoms with van der Waals surface area (Å²) in [6.07, 6.45) is 3.25. The Kier molecular flexibility index (Phi) is 5.37. The molecule has 2 aliphatic heterocycles. The van der Waals surface area contributed by atoms with Crippen LogP contribution in [-0.2, 0) is 0 Å². The van der Waals surface area contributed by atoms with Gasteiger partial charge in [0.2, 0.25) is 0 Å². The van der Waals surface area contributed by atoms with E-state index in [1.807, 2.05) is 13.0 Å². The van der Waals surface area contributed by atoms with E-state index in [4.69, 9.17) is 9.47 Å². The lowest BCUT2D eigenvalue weighted by atomic mass is 10.0. The zero-order valence-corrected chi connectivity index (χ0v) is 15.8. The Bertz CT molecular complexity index is 885. The molecule has 1 aromatic heterocycles. The molecule has 2 saturated heterocycles. The Balaban J connectivity index is 1.31. The first kappa shape index (κ1) is 18.0. The molecule has 0 spiro atoms. The van der Waals surface area contributed by atoms with Gasteiger partial charge in [0.25, 0.3) is 11.8 Å². The van der Waals surface area contributed by atoms with Crippen LogP contribution < -0.4 is 9.47 Å². The average molecular weight is 385 g/mol. The maximum Gasteiger partial charge on any atom is 0.291 e. The second-order valence-electron chi connectivity index (χ2n) is 6.79. The number of hydrogen-bond acceptors (Lipinski definition) is 6. The van der Waals surface area contributed by atoms with Crippen molar-refractivity contribution in [3.8, 4) is 23.6 Å². The number of halogens is 1. The highest BCUT2D eigenvalue weighted by Crippen LogP contribution is 2.33. The maximum absolute atomic E-state index is 12.9. The lowest BCUT2D eigenvalue weighted by Gasteiger charge is -2.22. The smallest absolute Gasteiger partial charge is 0.291 e. The van der Waals surface area contributed by atoms with E-state index in [0.717, 1.165) is 36.0 Å². The summed E-state index contributed by atoms with van der Waals surface area (Å²) in [4.78, 5) is 2.42. The Morgan fingerprint density at radius 3 is 2.85 bits per heavy atom. The van der Waals surface area contributed by atoms with E-state index in [-0.39, 0.29) is 11.9 Å². The van der Waals surface area contributed by atoms with Gasteiger partial charge in [-0.1, -0.05) is 11.8 Å². The molecule has 3 heterocycles. The van der Waals surface area contributed by atoms with Gasteiger partial charge >= 0.3 is 0 Å². The average Bonchev–Trinajstić information content (AvgIpc) is 3.39. The summed E-state index contributed by atoms with van der Waals surface area (Å²) in [5, 5.41) is 0. The zero-order valence-electron chi connectivity index (χ0n) is 15.0. The minimum Gasteiger partial charge on any atom is -0.469 e. The van der Waals surface area contributed by atoms with E-state index in [1.54, 1.807) is 12.1 Å². The lowest BCUT2D eigenvalue weighted by molar-refractivity contribution is 0.130. The van der Waals surface area contributed by atoms with Gasteiger partial charge in [-0.25, -0.2) is 4.39 Å². The number of ether oxygens (including phenoxy) is 2. The van der Waals surface area contributed by atoms with Crippen LogP contribution >= 0.6 is 11.7 Å². The molecule has 3 unspecified atom stereocenters. The van der Waals surface area contributed by atoms with Crippen molar-refractivity contribution in [3.63, 3.8) is 0 Å².